The van der Waals surface area contributed by atoms with Crippen molar-refractivity contribution in [2.45, 2.75) is 0 Å². The topological polar surface area (TPSA) is 51.7 Å². The first-order valence-corrected chi connectivity index (χ1v) is 3.54. The van der Waals surface area contributed by atoms with Gasteiger partial charge in [-0.2, -0.15) is 0 Å². The molecule has 0 aliphatic carbocycles. The van der Waals surface area contributed by atoms with Gasteiger partial charge < -0.3 is 10.6 Å². The van der Waals surface area contributed by atoms with Gasteiger partial charge in [-0.05, 0) is 11.5 Å². The fourth-order valence-corrected chi connectivity index (χ4v) is 1.21. The van der Waals surface area contributed by atoms with Crippen molar-refractivity contribution in [2.24, 2.45) is 0 Å². The molecule has 0 fully saturated rings. The van der Waals surface area contributed by atoms with Crippen molar-refractivity contribution in [3.05, 3.63) is 42.5 Å². The van der Waals surface area contributed by atoms with Crippen LogP contribution >= 0.6 is 0 Å². The Morgan fingerprint density at radius 3 is 2.15 bits per heavy atom. The number of rotatable bonds is 0. The molecule has 2 rings (SSSR count). The van der Waals surface area contributed by atoms with Gasteiger partial charge in [0.15, 0.2) is 0 Å². The second-order valence-electron chi connectivity index (χ2n) is 2.50. The number of phenolic OH excluding ortho intramolecular Hbond substituents is 1. The molecule has 0 aromatic heterocycles. The summed E-state index contributed by atoms with van der Waals surface area (Å²) in [5.74, 6) is 0.350. The smallest absolute Gasteiger partial charge is 0.123 e. The van der Waals surface area contributed by atoms with Gasteiger partial charge in [-0.15, -0.1) is 0 Å². The van der Waals surface area contributed by atoms with E-state index in [2.05, 4.69) is 0 Å². The maximum absolute atomic E-state index is 9.37. The molecular weight excluding hydrogens is 217 g/mol. The SMILES string of the molecule is O.Oc1cccc2ccccc12.[Zn]. The van der Waals surface area contributed by atoms with Gasteiger partial charge in [-0.3, -0.25) is 0 Å². The zero-order valence-corrected chi connectivity index (χ0v) is 10.2. The van der Waals surface area contributed by atoms with Crippen LogP contribution in [-0.4, -0.2) is 10.6 Å². The molecule has 0 saturated carbocycles. The zero-order chi connectivity index (χ0) is 7.68. The molecular formula is C10H10O2Zn. The van der Waals surface area contributed by atoms with Crippen LogP contribution in [0.2, 0.25) is 0 Å². The fraction of sp³-hybridized carbons (Fsp3) is 0. The van der Waals surface area contributed by atoms with Crippen molar-refractivity contribution in [3.8, 4) is 5.75 Å². The molecule has 0 spiro atoms. The molecule has 64 valence electrons. The van der Waals surface area contributed by atoms with Gasteiger partial charge in [-0.1, -0.05) is 36.4 Å². The molecule has 0 saturated heterocycles. The third-order valence-corrected chi connectivity index (χ3v) is 1.77. The number of fused-ring (bicyclic) bond motifs is 1. The molecule has 0 unspecified atom stereocenters. The van der Waals surface area contributed by atoms with E-state index >= 15 is 0 Å². The molecule has 13 heavy (non-hydrogen) atoms. The minimum Gasteiger partial charge on any atom is -0.507 e. The van der Waals surface area contributed by atoms with Crippen LogP contribution in [0.5, 0.6) is 5.75 Å². The quantitative estimate of drug-likeness (QED) is 0.685. The van der Waals surface area contributed by atoms with E-state index in [9.17, 15) is 5.11 Å². The van der Waals surface area contributed by atoms with E-state index in [1.54, 1.807) is 6.07 Å². The summed E-state index contributed by atoms with van der Waals surface area (Å²) in [7, 11) is 0. The van der Waals surface area contributed by atoms with Crippen LogP contribution in [0.1, 0.15) is 0 Å². The van der Waals surface area contributed by atoms with Gasteiger partial charge in [0.05, 0.1) is 0 Å². The number of hydrogen-bond donors (Lipinski definition) is 1. The maximum Gasteiger partial charge on any atom is 0.123 e. The molecule has 2 nitrogen and oxygen atoms in total. The van der Waals surface area contributed by atoms with Crippen LogP contribution < -0.4 is 0 Å². The van der Waals surface area contributed by atoms with E-state index in [4.69, 9.17) is 0 Å². The first-order valence-electron chi connectivity index (χ1n) is 3.54. The van der Waals surface area contributed by atoms with E-state index in [0.29, 0.717) is 5.75 Å². The number of hydrogen-bond acceptors (Lipinski definition) is 1. The molecule has 0 amide bonds. The van der Waals surface area contributed by atoms with Crippen molar-refractivity contribution in [1.82, 2.24) is 0 Å². The van der Waals surface area contributed by atoms with Crippen molar-refractivity contribution in [2.75, 3.05) is 0 Å². The number of aromatic hydroxyl groups is 1. The largest absolute Gasteiger partial charge is 0.507 e. The van der Waals surface area contributed by atoms with E-state index < -0.39 is 0 Å². The third-order valence-electron chi connectivity index (χ3n) is 1.77. The first kappa shape index (κ1) is 12.1. The number of phenols is 1. The van der Waals surface area contributed by atoms with Crippen molar-refractivity contribution >= 4 is 10.8 Å². The van der Waals surface area contributed by atoms with E-state index in [0.717, 1.165) is 10.8 Å². The second-order valence-corrected chi connectivity index (χ2v) is 2.50. The Balaban J connectivity index is 0.000000720. The average Bonchev–Trinajstić information content (AvgIpc) is 2.06. The molecule has 2 aromatic rings. The van der Waals surface area contributed by atoms with E-state index in [-0.39, 0.29) is 25.0 Å². The van der Waals surface area contributed by atoms with Gasteiger partial charge in [-0.25, -0.2) is 0 Å². The maximum atomic E-state index is 9.37. The van der Waals surface area contributed by atoms with Crippen molar-refractivity contribution < 1.29 is 30.1 Å². The van der Waals surface area contributed by atoms with Crippen LogP contribution in [0.15, 0.2) is 42.5 Å². The van der Waals surface area contributed by atoms with Crippen molar-refractivity contribution in [1.29, 1.82) is 0 Å². The molecule has 0 bridgehead atoms. The van der Waals surface area contributed by atoms with Gasteiger partial charge in [0.2, 0.25) is 0 Å². The summed E-state index contributed by atoms with van der Waals surface area (Å²) in [6.07, 6.45) is 0. The normalized spacial score (nSPS) is 8.62. The van der Waals surface area contributed by atoms with Crippen LogP contribution in [0, 0.1) is 0 Å². The average molecular weight is 228 g/mol. The molecule has 2 aromatic carbocycles. The van der Waals surface area contributed by atoms with Gasteiger partial charge >= 0.3 is 0 Å². The van der Waals surface area contributed by atoms with Crippen LogP contribution in [0.25, 0.3) is 10.8 Å². The Hall–Kier alpha value is -0.917. The summed E-state index contributed by atoms with van der Waals surface area (Å²) < 4.78 is 0. The summed E-state index contributed by atoms with van der Waals surface area (Å²) in [5, 5.41) is 11.4. The zero-order valence-electron chi connectivity index (χ0n) is 7.20. The Kier molecular flexibility index (Phi) is 4.60. The minimum absolute atomic E-state index is 0. The predicted octanol–water partition coefficient (Wildman–Crippen LogP) is 1.72. The van der Waals surface area contributed by atoms with Crippen molar-refractivity contribution in [3.63, 3.8) is 0 Å². The molecule has 0 aliphatic rings. The van der Waals surface area contributed by atoms with Gasteiger partial charge in [0, 0.05) is 24.9 Å². The monoisotopic (exact) mass is 226 g/mol. The van der Waals surface area contributed by atoms with Gasteiger partial charge in [0.1, 0.15) is 5.75 Å². The minimum atomic E-state index is 0. The molecule has 3 N–H and O–H groups in total. The fourth-order valence-electron chi connectivity index (χ4n) is 1.21. The molecule has 0 atom stereocenters. The Bertz CT molecular complexity index is 382. The van der Waals surface area contributed by atoms with Crippen LogP contribution in [-0.2, 0) is 19.5 Å². The van der Waals surface area contributed by atoms with Crippen LogP contribution in [0.4, 0.5) is 0 Å². The predicted molar refractivity (Wildman–Crippen MR) is 49.2 cm³/mol. The third kappa shape index (κ3) is 2.27. The van der Waals surface area contributed by atoms with E-state index in [1.807, 2.05) is 36.4 Å². The Morgan fingerprint density at radius 1 is 0.846 bits per heavy atom. The molecule has 0 aliphatic heterocycles. The summed E-state index contributed by atoms with van der Waals surface area (Å²) in [5.41, 5.74) is 0. The Labute approximate surface area is 89.3 Å². The summed E-state index contributed by atoms with van der Waals surface area (Å²) in [6, 6.07) is 13.3. The number of benzene rings is 2. The molecule has 0 heterocycles. The summed E-state index contributed by atoms with van der Waals surface area (Å²) in [6.45, 7) is 0. The molecule has 3 heteroatoms. The summed E-state index contributed by atoms with van der Waals surface area (Å²) in [4.78, 5) is 0. The summed E-state index contributed by atoms with van der Waals surface area (Å²) >= 11 is 0. The first-order chi connectivity index (χ1) is 5.38. The van der Waals surface area contributed by atoms with E-state index in [1.165, 1.54) is 0 Å². The molecule has 0 radical (unpaired) electrons. The van der Waals surface area contributed by atoms with Gasteiger partial charge in [0.25, 0.3) is 0 Å². The standard InChI is InChI=1S/C10H8O.H2O.Zn/c11-10-7-3-5-8-4-1-2-6-9(8)10;;/h1-7,11H;1H2;. The van der Waals surface area contributed by atoms with Crippen LogP contribution in [0.3, 0.4) is 0 Å². The second kappa shape index (κ2) is 4.95. The Morgan fingerprint density at radius 2 is 1.46 bits per heavy atom.